The summed E-state index contributed by atoms with van der Waals surface area (Å²) in [6.45, 7) is 1.58. The van der Waals surface area contributed by atoms with Gasteiger partial charge in [-0.25, -0.2) is 0 Å². The third kappa shape index (κ3) is 1.33. The van der Waals surface area contributed by atoms with Gasteiger partial charge in [0.1, 0.15) is 12.4 Å². The van der Waals surface area contributed by atoms with Crippen molar-refractivity contribution in [2.75, 3.05) is 0 Å². The summed E-state index contributed by atoms with van der Waals surface area (Å²) >= 11 is 0. The number of furan rings is 1. The lowest BCUT2D eigenvalue weighted by Gasteiger charge is -1.87. The first kappa shape index (κ1) is 8.00. The molecule has 0 saturated heterocycles. The number of aromatic nitrogens is 2. The zero-order valence-corrected chi connectivity index (χ0v) is 7.02. The lowest BCUT2D eigenvalue weighted by molar-refractivity contribution is 0.264. The lowest BCUT2D eigenvalue weighted by atomic mass is 10.3. The third-order valence-electron chi connectivity index (χ3n) is 1.70. The molecule has 5 nitrogen and oxygen atoms in total. The van der Waals surface area contributed by atoms with Crippen LogP contribution in [0.1, 0.15) is 11.6 Å². The molecule has 0 aromatic carbocycles. The molecule has 0 aliphatic rings. The summed E-state index contributed by atoms with van der Waals surface area (Å²) in [5.41, 5.74) is 0.757. The van der Waals surface area contributed by atoms with Crippen LogP contribution >= 0.6 is 0 Å². The van der Waals surface area contributed by atoms with Crippen molar-refractivity contribution in [3.8, 4) is 11.5 Å². The summed E-state index contributed by atoms with van der Waals surface area (Å²) in [6, 6.07) is 1.74. The van der Waals surface area contributed by atoms with Gasteiger partial charge >= 0.3 is 0 Å². The summed E-state index contributed by atoms with van der Waals surface area (Å²) in [7, 11) is 0. The average molecular weight is 180 g/mol. The highest BCUT2D eigenvalue weighted by atomic mass is 16.5. The number of aliphatic hydroxyl groups is 1. The van der Waals surface area contributed by atoms with Gasteiger partial charge in [-0.05, 0) is 13.0 Å². The standard InChI is InChI=1S/C8H8N2O3/c1-5-6(2-3-12-5)8-9-7(4-11)10-13-8/h2-3,11H,4H2,1H3. The molecule has 0 saturated carbocycles. The van der Waals surface area contributed by atoms with Crippen molar-refractivity contribution < 1.29 is 14.0 Å². The molecule has 0 aliphatic heterocycles. The van der Waals surface area contributed by atoms with Crippen LogP contribution in [0.2, 0.25) is 0 Å². The van der Waals surface area contributed by atoms with Crippen LogP contribution in [-0.2, 0) is 6.61 Å². The topological polar surface area (TPSA) is 72.3 Å². The molecule has 2 rings (SSSR count). The number of aliphatic hydroxyl groups excluding tert-OH is 1. The van der Waals surface area contributed by atoms with Gasteiger partial charge in [-0.1, -0.05) is 5.16 Å². The van der Waals surface area contributed by atoms with Crippen molar-refractivity contribution in [2.24, 2.45) is 0 Å². The number of hydrogen-bond acceptors (Lipinski definition) is 5. The normalized spacial score (nSPS) is 10.6. The molecule has 0 bridgehead atoms. The van der Waals surface area contributed by atoms with Gasteiger partial charge in [0.15, 0.2) is 5.82 Å². The van der Waals surface area contributed by atoms with E-state index in [1.807, 2.05) is 0 Å². The largest absolute Gasteiger partial charge is 0.469 e. The van der Waals surface area contributed by atoms with Gasteiger partial charge in [0.25, 0.3) is 5.89 Å². The quantitative estimate of drug-likeness (QED) is 0.749. The molecule has 2 aromatic rings. The molecule has 1 N–H and O–H groups in total. The predicted octanol–water partition coefficient (Wildman–Crippen LogP) is 1.13. The van der Waals surface area contributed by atoms with E-state index in [0.717, 1.165) is 5.56 Å². The van der Waals surface area contributed by atoms with Crippen LogP contribution < -0.4 is 0 Å². The van der Waals surface area contributed by atoms with Crippen molar-refractivity contribution >= 4 is 0 Å². The number of nitrogens with zero attached hydrogens (tertiary/aromatic N) is 2. The molecule has 0 aliphatic carbocycles. The fourth-order valence-corrected chi connectivity index (χ4v) is 1.03. The maximum atomic E-state index is 8.71. The van der Waals surface area contributed by atoms with E-state index < -0.39 is 0 Å². The van der Waals surface area contributed by atoms with Gasteiger partial charge < -0.3 is 14.0 Å². The van der Waals surface area contributed by atoms with E-state index in [2.05, 4.69) is 10.1 Å². The fraction of sp³-hybridized carbons (Fsp3) is 0.250. The predicted molar refractivity (Wildman–Crippen MR) is 42.7 cm³/mol. The Labute approximate surface area is 74.0 Å². The molecule has 0 radical (unpaired) electrons. The fourth-order valence-electron chi connectivity index (χ4n) is 1.03. The van der Waals surface area contributed by atoms with E-state index in [1.165, 1.54) is 0 Å². The van der Waals surface area contributed by atoms with E-state index in [1.54, 1.807) is 19.3 Å². The second kappa shape index (κ2) is 3.02. The molecule has 5 heteroatoms. The van der Waals surface area contributed by atoms with Crippen molar-refractivity contribution in [3.63, 3.8) is 0 Å². The summed E-state index contributed by atoms with van der Waals surface area (Å²) in [4.78, 5) is 3.94. The van der Waals surface area contributed by atoms with Crippen molar-refractivity contribution in [2.45, 2.75) is 13.5 Å². The smallest absolute Gasteiger partial charge is 0.261 e. The number of aryl methyl sites for hydroxylation is 1. The molecule has 0 amide bonds. The first-order valence-electron chi connectivity index (χ1n) is 3.79. The average Bonchev–Trinajstić information content (AvgIpc) is 2.71. The van der Waals surface area contributed by atoms with Crippen molar-refractivity contribution in [1.82, 2.24) is 10.1 Å². The molecule has 13 heavy (non-hydrogen) atoms. The Morgan fingerprint density at radius 3 is 2.92 bits per heavy atom. The zero-order valence-electron chi connectivity index (χ0n) is 7.02. The summed E-state index contributed by atoms with van der Waals surface area (Å²) < 4.78 is 9.97. The Morgan fingerprint density at radius 2 is 2.38 bits per heavy atom. The summed E-state index contributed by atoms with van der Waals surface area (Å²) in [5.74, 6) is 1.36. The van der Waals surface area contributed by atoms with Crippen LogP contribution in [0.4, 0.5) is 0 Å². The molecule has 0 spiro atoms. The highest BCUT2D eigenvalue weighted by molar-refractivity contribution is 5.54. The Kier molecular flexibility index (Phi) is 1.86. The van der Waals surface area contributed by atoms with Crippen LogP contribution in [0.5, 0.6) is 0 Å². The molecule has 2 aromatic heterocycles. The highest BCUT2D eigenvalue weighted by Gasteiger charge is 2.11. The van der Waals surface area contributed by atoms with Crippen molar-refractivity contribution in [1.29, 1.82) is 0 Å². The summed E-state index contributed by atoms with van der Waals surface area (Å²) in [6.07, 6.45) is 1.55. The van der Waals surface area contributed by atoms with E-state index in [4.69, 9.17) is 14.0 Å². The van der Waals surface area contributed by atoms with E-state index in [9.17, 15) is 0 Å². The second-order valence-corrected chi connectivity index (χ2v) is 2.56. The Bertz CT molecular complexity index is 405. The first-order valence-corrected chi connectivity index (χ1v) is 3.79. The van der Waals surface area contributed by atoms with Gasteiger partial charge in [-0.3, -0.25) is 0 Å². The second-order valence-electron chi connectivity index (χ2n) is 2.56. The minimum absolute atomic E-state index is 0.222. The van der Waals surface area contributed by atoms with Crippen LogP contribution in [0.25, 0.3) is 11.5 Å². The molecule has 0 fully saturated rings. The SMILES string of the molecule is Cc1occc1-c1nc(CO)no1. The van der Waals surface area contributed by atoms with Crippen molar-refractivity contribution in [3.05, 3.63) is 23.9 Å². The van der Waals surface area contributed by atoms with Gasteiger partial charge in [-0.15, -0.1) is 0 Å². The Balaban J connectivity index is 2.41. The minimum atomic E-state index is -0.222. The van der Waals surface area contributed by atoms with Gasteiger partial charge in [0, 0.05) is 0 Å². The molecule has 0 unspecified atom stereocenters. The Morgan fingerprint density at radius 1 is 1.54 bits per heavy atom. The van der Waals surface area contributed by atoms with Crippen LogP contribution in [0, 0.1) is 6.92 Å². The van der Waals surface area contributed by atoms with E-state index in [0.29, 0.717) is 11.7 Å². The highest BCUT2D eigenvalue weighted by Crippen LogP contribution is 2.21. The number of rotatable bonds is 2. The molecule has 0 atom stereocenters. The molecule has 2 heterocycles. The van der Waals surface area contributed by atoms with Gasteiger partial charge in [0.2, 0.25) is 0 Å². The maximum absolute atomic E-state index is 8.71. The van der Waals surface area contributed by atoms with Crippen LogP contribution in [0.3, 0.4) is 0 Å². The third-order valence-corrected chi connectivity index (χ3v) is 1.70. The zero-order chi connectivity index (χ0) is 9.26. The number of hydrogen-bond donors (Lipinski definition) is 1. The monoisotopic (exact) mass is 180 g/mol. The van der Waals surface area contributed by atoms with E-state index in [-0.39, 0.29) is 12.4 Å². The summed E-state index contributed by atoms with van der Waals surface area (Å²) in [5, 5.41) is 12.3. The minimum Gasteiger partial charge on any atom is -0.469 e. The first-order chi connectivity index (χ1) is 6.31. The van der Waals surface area contributed by atoms with E-state index >= 15 is 0 Å². The lowest BCUT2D eigenvalue weighted by Crippen LogP contribution is -1.84. The maximum Gasteiger partial charge on any atom is 0.261 e. The van der Waals surface area contributed by atoms with Crippen LogP contribution in [-0.4, -0.2) is 15.2 Å². The van der Waals surface area contributed by atoms with Crippen LogP contribution in [0.15, 0.2) is 21.3 Å². The molecular formula is C8H8N2O3. The van der Waals surface area contributed by atoms with Gasteiger partial charge in [-0.2, -0.15) is 4.98 Å². The van der Waals surface area contributed by atoms with Gasteiger partial charge in [0.05, 0.1) is 11.8 Å². The Hall–Kier alpha value is -1.62. The molecule has 68 valence electrons. The molecular weight excluding hydrogens is 172 g/mol.